The van der Waals surface area contributed by atoms with Crippen LogP contribution >= 0.6 is 0 Å². The molecule has 3 aromatic rings. The molecule has 8 heteroatoms. The molecular weight excluding hydrogens is 412 g/mol. The lowest BCUT2D eigenvalue weighted by molar-refractivity contribution is 0.102. The molecular formula is C23H28N4O3S. The first-order chi connectivity index (χ1) is 14.7. The summed E-state index contributed by atoms with van der Waals surface area (Å²) < 4.78 is 28.8. The molecule has 0 aliphatic heterocycles. The fourth-order valence-corrected chi connectivity index (χ4v) is 4.96. The van der Waals surface area contributed by atoms with Crippen LogP contribution < -0.4 is 5.32 Å². The van der Waals surface area contributed by atoms with E-state index in [-0.39, 0.29) is 16.4 Å². The minimum absolute atomic E-state index is 0.104. The lowest BCUT2D eigenvalue weighted by Crippen LogP contribution is -2.30. The maximum atomic E-state index is 12.9. The van der Waals surface area contributed by atoms with Crippen molar-refractivity contribution in [2.24, 2.45) is 0 Å². The van der Waals surface area contributed by atoms with Crippen molar-refractivity contribution in [1.82, 2.24) is 14.1 Å². The zero-order valence-corrected chi connectivity index (χ0v) is 19.3. The molecule has 7 nitrogen and oxygen atoms in total. The van der Waals surface area contributed by atoms with Gasteiger partial charge in [-0.15, -0.1) is 0 Å². The van der Waals surface area contributed by atoms with Gasteiger partial charge in [0.2, 0.25) is 10.0 Å². The molecule has 0 fully saturated rings. The van der Waals surface area contributed by atoms with Gasteiger partial charge in [-0.05, 0) is 51.1 Å². The van der Waals surface area contributed by atoms with E-state index in [1.54, 1.807) is 30.7 Å². The molecule has 2 aromatic carbocycles. The number of nitrogens with one attached hydrogen (secondary N) is 1. The first-order valence-electron chi connectivity index (χ1n) is 10.2. The molecule has 1 heterocycles. The smallest absolute Gasteiger partial charge is 0.255 e. The SMILES string of the molecule is CCN(CC)S(=O)(=O)c1cccc(C(=O)Nc2c(C)nn(-c3ccc(C)cc3)c2C)c1. The van der Waals surface area contributed by atoms with Gasteiger partial charge >= 0.3 is 0 Å². The Balaban J connectivity index is 1.90. The van der Waals surface area contributed by atoms with Gasteiger partial charge in [0.05, 0.1) is 27.7 Å². The second-order valence-electron chi connectivity index (χ2n) is 7.36. The molecule has 1 aromatic heterocycles. The van der Waals surface area contributed by atoms with Crippen molar-refractivity contribution in [3.63, 3.8) is 0 Å². The minimum Gasteiger partial charge on any atom is -0.319 e. The summed E-state index contributed by atoms with van der Waals surface area (Å²) in [4.78, 5) is 13.0. The van der Waals surface area contributed by atoms with Crippen molar-refractivity contribution >= 4 is 21.6 Å². The number of nitrogens with zero attached hydrogens (tertiary/aromatic N) is 3. The highest BCUT2D eigenvalue weighted by atomic mass is 32.2. The average Bonchev–Trinajstić information content (AvgIpc) is 3.03. The Morgan fingerprint density at radius 2 is 1.68 bits per heavy atom. The van der Waals surface area contributed by atoms with Crippen LogP contribution in [0.1, 0.15) is 41.2 Å². The Labute approximate surface area is 183 Å². The number of aromatic nitrogens is 2. The van der Waals surface area contributed by atoms with E-state index in [0.29, 0.717) is 24.5 Å². The number of carbonyl (C=O) groups excluding carboxylic acids is 1. The van der Waals surface area contributed by atoms with Crippen molar-refractivity contribution in [2.45, 2.75) is 39.5 Å². The summed E-state index contributed by atoms with van der Waals surface area (Å²) in [6.07, 6.45) is 0. The Bertz CT molecular complexity index is 1190. The van der Waals surface area contributed by atoms with Gasteiger partial charge in [0.15, 0.2) is 0 Å². The normalized spacial score (nSPS) is 11.7. The van der Waals surface area contributed by atoms with E-state index in [4.69, 9.17) is 0 Å². The van der Waals surface area contributed by atoms with Crippen molar-refractivity contribution < 1.29 is 13.2 Å². The van der Waals surface area contributed by atoms with Crippen molar-refractivity contribution in [3.8, 4) is 5.69 Å². The van der Waals surface area contributed by atoms with Crippen molar-refractivity contribution in [3.05, 3.63) is 71.0 Å². The molecule has 164 valence electrons. The van der Waals surface area contributed by atoms with Crippen LogP contribution in [-0.4, -0.2) is 41.5 Å². The van der Waals surface area contributed by atoms with Crippen LogP contribution in [0.3, 0.4) is 0 Å². The first kappa shape index (κ1) is 22.7. The van der Waals surface area contributed by atoms with Crippen molar-refractivity contribution in [2.75, 3.05) is 18.4 Å². The predicted molar refractivity (Wildman–Crippen MR) is 122 cm³/mol. The van der Waals surface area contributed by atoms with Gasteiger partial charge in [-0.1, -0.05) is 37.6 Å². The molecule has 1 amide bonds. The molecule has 1 N–H and O–H groups in total. The molecule has 0 unspecified atom stereocenters. The van der Waals surface area contributed by atoms with Crippen LogP contribution in [-0.2, 0) is 10.0 Å². The van der Waals surface area contributed by atoms with Gasteiger partial charge in [-0.3, -0.25) is 4.79 Å². The average molecular weight is 441 g/mol. The van der Waals surface area contributed by atoms with Crippen LogP contribution in [0.2, 0.25) is 0 Å². The van der Waals surface area contributed by atoms with Gasteiger partial charge in [-0.2, -0.15) is 9.40 Å². The van der Waals surface area contributed by atoms with Gasteiger partial charge in [0.25, 0.3) is 5.91 Å². The number of sulfonamides is 1. The summed E-state index contributed by atoms with van der Waals surface area (Å²) >= 11 is 0. The zero-order valence-electron chi connectivity index (χ0n) is 18.5. The van der Waals surface area contributed by atoms with E-state index in [0.717, 1.165) is 16.9 Å². The fraction of sp³-hybridized carbons (Fsp3) is 0.304. The minimum atomic E-state index is -3.65. The highest BCUT2D eigenvalue weighted by molar-refractivity contribution is 7.89. The summed E-state index contributed by atoms with van der Waals surface area (Å²) in [6.45, 7) is 10.0. The molecule has 0 saturated carbocycles. The topological polar surface area (TPSA) is 84.3 Å². The molecule has 0 aliphatic carbocycles. The van der Waals surface area contributed by atoms with Gasteiger partial charge in [-0.25, -0.2) is 13.1 Å². The standard InChI is InChI=1S/C23H28N4O3S/c1-6-26(7-2)31(29,30)21-10-8-9-19(15-21)23(28)24-22-17(4)25-27(18(22)5)20-13-11-16(3)12-14-20/h8-15H,6-7H2,1-5H3,(H,24,28). The van der Waals surface area contributed by atoms with Gasteiger partial charge in [0.1, 0.15) is 0 Å². The molecule has 0 bridgehead atoms. The van der Waals surface area contributed by atoms with Gasteiger partial charge < -0.3 is 5.32 Å². The monoisotopic (exact) mass is 440 g/mol. The van der Waals surface area contributed by atoms with Gasteiger partial charge in [0, 0.05) is 18.7 Å². The highest BCUT2D eigenvalue weighted by Gasteiger charge is 2.23. The number of hydrogen-bond acceptors (Lipinski definition) is 4. The molecule has 0 atom stereocenters. The quantitative estimate of drug-likeness (QED) is 0.600. The summed E-state index contributed by atoms with van der Waals surface area (Å²) in [7, 11) is -3.65. The summed E-state index contributed by atoms with van der Waals surface area (Å²) in [6, 6.07) is 14.1. The Morgan fingerprint density at radius 1 is 1.03 bits per heavy atom. The molecule has 0 aliphatic rings. The second kappa shape index (κ2) is 9.03. The first-order valence-corrected chi connectivity index (χ1v) is 11.7. The van der Waals surface area contributed by atoms with E-state index >= 15 is 0 Å². The van der Waals surface area contributed by atoms with E-state index in [2.05, 4.69) is 10.4 Å². The van der Waals surface area contributed by atoms with Crippen LogP contribution in [0.5, 0.6) is 0 Å². The summed E-state index contributed by atoms with van der Waals surface area (Å²) in [5, 5.41) is 7.46. The number of rotatable bonds is 7. The molecule has 3 rings (SSSR count). The highest BCUT2D eigenvalue weighted by Crippen LogP contribution is 2.24. The molecule has 0 saturated heterocycles. The number of aryl methyl sites for hydroxylation is 2. The molecule has 0 spiro atoms. The third-order valence-corrected chi connectivity index (χ3v) is 7.29. The largest absolute Gasteiger partial charge is 0.319 e. The Hall–Kier alpha value is -2.97. The number of benzene rings is 2. The predicted octanol–water partition coefficient (Wildman–Crippen LogP) is 4.08. The van der Waals surface area contributed by atoms with Crippen molar-refractivity contribution in [1.29, 1.82) is 0 Å². The van der Waals surface area contributed by atoms with Crippen LogP contribution in [0.15, 0.2) is 53.4 Å². The van der Waals surface area contributed by atoms with E-state index < -0.39 is 10.0 Å². The third kappa shape index (κ3) is 4.55. The van der Waals surface area contributed by atoms with Crippen LogP contribution in [0, 0.1) is 20.8 Å². The Kier molecular flexibility index (Phi) is 6.62. The van der Waals surface area contributed by atoms with Crippen LogP contribution in [0.4, 0.5) is 5.69 Å². The number of amides is 1. The number of anilines is 1. The van der Waals surface area contributed by atoms with E-state index in [1.165, 1.54) is 16.4 Å². The van der Waals surface area contributed by atoms with Crippen LogP contribution in [0.25, 0.3) is 5.69 Å². The van der Waals surface area contributed by atoms with E-state index in [1.807, 2.05) is 45.0 Å². The maximum absolute atomic E-state index is 12.9. The summed E-state index contributed by atoms with van der Waals surface area (Å²) in [5.41, 5.74) is 4.41. The fourth-order valence-electron chi connectivity index (χ4n) is 3.46. The third-order valence-electron chi connectivity index (χ3n) is 5.25. The van der Waals surface area contributed by atoms with E-state index in [9.17, 15) is 13.2 Å². The summed E-state index contributed by atoms with van der Waals surface area (Å²) in [5.74, 6) is -0.383. The lowest BCUT2D eigenvalue weighted by Gasteiger charge is -2.18. The zero-order chi connectivity index (χ0) is 22.8. The molecule has 31 heavy (non-hydrogen) atoms. The lowest BCUT2D eigenvalue weighted by atomic mass is 10.2. The number of carbonyl (C=O) groups is 1. The number of hydrogen-bond donors (Lipinski definition) is 1. The molecule has 0 radical (unpaired) electrons. The maximum Gasteiger partial charge on any atom is 0.255 e. The Morgan fingerprint density at radius 3 is 2.29 bits per heavy atom. The second-order valence-corrected chi connectivity index (χ2v) is 9.30.